The van der Waals surface area contributed by atoms with Crippen LogP contribution in [0.2, 0.25) is 0 Å². The van der Waals surface area contributed by atoms with E-state index in [1.807, 2.05) is 13.8 Å². The number of rotatable bonds is 4. The van der Waals surface area contributed by atoms with Gasteiger partial charge in [0.25, 0.3) is 11.6 Å². The molecule has 0 aromatic heterocycles. The Hall–Kier alpha value is -2.42. The van der Waals surface area contributed by atoms with Gasteiger partial charge in [-0.25, -0.2) is 0 Å². The second-order valence-electron chi connectivity index (χ2n) is 5.06. The summed E-state index contributed by atoms with van der Waals surface area (Å²) in [6.45, 7) is 3.81. The molecular formula is C13H19N5O3S. The Morgan fingerprint density at radius 1 is 1.32 bits per heavy atom. The van der Waals surface area contributed by atoms with E-state index in [2.05, 4.69) is 16.2 Å². The number of hydrogen-bond acceptors (Lipinski definition) is 5. The maximum Gasteiger partial charge on any atom is 0.272 e. The van der Waals surface area contributed by atoms with Crippen molar-refractivity contribution in [2.75, 3.05) is 19.0 Å². The second kappa shape index (κ2) is 7.55. The van der Waals surface area contributed by atoms with Crippen molar-refractivity contribution in [3.63, 3.8) is 0 Å². The van der Waals surface area contributed by atoms with Gasteiger partial charge in [-0.2, -0.15) is 0 Å². The molecule has 22 heavy (non-hydrogen) atoms. The summed E-state index contributed by atoms with van der Waals surface area (Å²) in [6.07, 6.45) is 0. The Morgan fingerprint density at radius 2 is 1.95 bits per heavy atom. The van der Waals surface area contributed by atoms with Gasteiger partial charge < -0.3 is 10.2 Å². The van der Waals surface area contributed by atoms with Gasteiger partial charge in [-0.05, 0) is 32.1 Å². The number of nitrogens with one attached hydrogen (secondary N) is 3. The monoisotopic (exact) mass is 325 g/mol. The van der Waals surface area contributed by atoms with Crippen molar-refractivity contribution >= 4 is 34.6 Å². The summed E-state index contributed by atoms with van der Waals surface area (Å²) in [6, 6.07) is 4.22. The minimum Gasteiger partial charge on any atom is -0.377 e. The van der Waals surface area contributed by atoms with Crippen LogP contribution in [0.15, 0.2) is 18.2 Å². The van der Waals surface area contributed by atoms with Crippen molar-refractivity contribution < 1.29 is 9.72 Å². The summed E-state index contributed by atoms with van der Waals surface area (Å²) in [7, 11) is 3.49. The molecule has 120 valence electrons. The number of thiocarbonyl (C=S) groups is 1. The zero-order valence-corrected chi connectivity index (χ0v) is 13.7. The van der Waals surface area contributed by atoms with Gasteiger partial charge in [0.1, 0.15) is 0 Å². The fraction of sp³-hybridized carbons (Fsp3) is 0.385. The number of nitrogens with zero attached hydrogens (tertiary/aromatic N) is 2. The first-order valence-electron chi connectivity index (χ1n) is 6.55. The maximum atomic E-state index is 12.2. The molecule has 0 saturated carbocycles. The van der Waals surface area contributed by atoms with Crippen LogP contribution >= 0.6 is 12.2 Å². The van der Waals surface area contributed by atoms with Crippen molar-refractivity contribution in [1.29, 1.82) is 0 Å². The van der Waals surface area contributed by atoms with Gasteiger partial charge in [0.2, 0.25) is 0 Å². The number of non-ortho nitro benzene ring substituents is 1. The Labute approximate surface area is 134 Å². The third-order valence-electron chi connectivity index (χ3n) is 2.63. The Bertz CT molecular complexity index is 589. The number of anilines is 1. The first-order valence-corrected chi connectivity index (χ1v) is 6.95. The molecule has 0 unspecified atom stereocenters. The lowest BCUT2D eigenvalue weighted by molar-refractivity contribution is -0.384. The number of nitro groups is 1. The molecule has 1 rings (SSSR count). The highest BCUT2D eigenvalue weighted by atomic mass is 32.1. The lowest BCUT2D eigenvalue weighted by atomic mass is 10.1. The third-order valence-corrected chi connectivity index (χ3v) is 2.85. The van der Waals surface area contributed by atoms with Gasteiger partial charge in [0.05, 0.1) is 10.5 Å². The van der Waals surface area contributed by atoms with Crippen molar-refractivity contribution in [1.82, 2.24) is 16.2 Å². The van der Waals surface area contributed by atoms with Crippen molar-refractivity contribution in [2.24, 2.45) is 0 Å². The van der Waals surface area contributed by atoms with Crippen molar-refractivity contribution in [2.45, 2.75) is 19.9 Å². The largest absolute Gasteiger partial charge is 0.377 e. The van der Waals surface area contributed by atoms with Crippen LogP contribution in [-0.4, -0.2) is 36.1 Å². The highest BCUT2D eigenvalue weighted by Gasteiger charge is 2.18. The molecule has 0 spiro atoms. The van der Waals surface area contributed by atoms with Gasteiger partial charge in [-0.3, -0.25) is 25.8 Å². The number of benzene rings is 1. The first kappa shape index (κ1) is 17.6. The number of nitro benzene ring substituents is 1. The molecule has 0 heterocycles. The van der Waals surface area contributed by atoms with E-state index in [4.69, 9.17) is 12.2 Å². The summed E-state index contributed by atoms with van der Waals surface area (Å²) in [5, 5.41) is 14.0. The van der Waals surface area contributed by atoms with Crippen LogP contribution in [0.1, 0.15) is 24.2 Å². The molecule has 1 aromatic rings. The number of hydrazine groups is 1. The molecule has 9 heteroatoms. The average molecular weight is 325 g/mol. The van der Waals surface area contributed by atoms with Crippen LogP contribution in [0.3, 0.4) is 0 Å². The predicted octanol–water partition coefficient (Wildman–Crippen LogP) is 1.18. The second-order valence-corrected chi connectivity index (χ2v) is 5.47. The number of amides is 1. The molecule has 0 atom stereocenters. The summed E-state index contributed by atoms with van der Waals surface area (Å²) >= 11 is 4.99. The maximum absolute atomic E-state index is 12.2. The highest BCUT2D eigenvalue weighted by molar-refractivity contribution is 7.80. The standard InChI is InChI=1S/C13H19N5O3S/c1-8(2)14-13(22)16-15-12(19)10-7-9(18(20)21)5-6-11(10)17(3)4/h5-8H,1-4H3,(H,15,19)(H2,14,16,22). The Kier molecular flexibility index (Phi) is 6.05. The topological polar surface area (TPSA) is 99.5 Å². The van der Waals surface area contributed by atoms with Crippen LogP contribution in [0.5, 0.6) is 0 Å². The fourth-order valence-corrected chi connectivity index (χ4v) is 1.98. The van der Waals surface area contributed by atoms with E-state index in [9.17, 15) is 14.9 Å². The smallest absolute Gasteiger partial charge is 0.272 e. The SMILES string of the molecule is CC(C)NC(=S)NNC(=O)c1cc([N+](=O)[O-])ccc1N(C)C. The summed E-state index contributed by atoms with van der Waals surface area (Å²) in [4.78, 5) is 24.2. The molecule has 0 aliphatic heterocycles. The molecular weight excluding hydrogens is 306 g/mol. The molecule has 1 aromatic carbocycles. The van der Waals surface area contributed by atoms with E-state index in [1.54, 1.807) is 19.0 Å². The molecule has 1 amide bonds. The minimum absolute atomic E-state index is 0.118. The van der Waals surface area contributed by atoms with E-state index in [1.165, 1.54) is 18.2 Å². The van der Waals surface area contributed by atoms with Crippen LogP contribution in [0.25, 0.3) is 0 Å². The normalized spacial score (nSPS) is 10.0. The van der Waals surface area contributed by atoms with Gasteiger partial charge in [0.15, 0.2) is 5.11 Å². The van der Waals surface area contributed by atoms with Crippen LogP contribution in [0, 0.1) is 10.1 Å². The number of carbonyl (C=O) groups is 1. The summed E-state index contributed by atoms with van der Waals surface area (Å²) < 4.78 is 0. The van der Waals surface area contributed by atoms with E-state index in [-0.39, 0.29) is 22.4 Å². The van der Waals surface area contributed by atoms with Gasteiger partial charge >= 0.3 is 0 Å². The van der Waals surface area contributed by atoms with Gasteiger partial charge in [0, 0.05) is 38.0 Å². The van der Waals surface area contributed by atoms with Crippen molar-refractivity contribution in [3.8, 4) is 0 Å². The molecule has 0 radical (unpaired) electrons. The molecule has 0 saturated heterocycles. The quantitative estimate of drug-likeness (QED) is 0.434. The third kappa shape index (κ3) is 4.85. The average Bonchev–Trinajstić information content (AvgIpc) is 2.43. The van der Waals surface area contributed by atoms with E-state index in [0.717, 1.165) is 0 Å². The number of hydrogen-bond donors (Lipinski definition) is 3. The van der Waals surface area contributed by atoms with Crippen LogP contribution in [0.4, 0.5) is 11.4 Å². The van der Waals surface area contributed by atoms with Crippen LogP contribution in [-0.2, 0) is 0 Å². The van der Waals surface area contributed by atoms with Gasteiger partial charge in [-0.15, -0.1) is 0 Å². The zero-order chi connectivity index (χ0) is 16.9. The molecule has 0 aliphatic rings. The minimum atomic E-state index is -0.547. The Morgan fingerprint density at radius 3 is 2.45 bits per heavy atom. The molecule has 0 aliphatic carbocycles. The Balaban J connectivity index is 2.93. The molecule has 8 nitrogen and oxygen atoms in total. The van der Waals surface area contributed by atoms with E-state index >= 15 is 0 Å². The van der Waals surface area contributed by atoms with Crippen LogP contribution < -0.4 is 21.1 Å². The molecule has 3 N–H and O–H groups in total. The van der Waals surface area contributed by atoms with Crippen molar-refractivity contribution in [3.05, 3.63) is 33.9 Å². The lowest BCUT2D eigenvalue weighted by Gasteiger charge is -2.18. The van der Waals surface area contributed by atoms with E-state index in [0.29, 0.717) is 5.69 Å². The fourth-order valence-electron chi connectivity index (χ4n) is 1.69. The molecule has 0 bridgehead atoms. The predicted molar refractivity (Wildman–Crippen MR) is 88.9 cm³/mol. The first-order chi connectivity index (χ1) is 10.2. The van der Waals surface area contributed by atoms with Gasteiger partial charge in [-0.1, -0.05) is 0 Å². The zero-order valence-electron chi connectivity index (χ0n) is 12.8. The summed E-state index contributed by atoms with van der Waals surface area (Å²) in [5.74, 6) is -0.514. The number of carbonyl (C=O) groups excluding carboxylic acids is 1. The highest BCUT2D eigenvalue weighted by Crippen LogP contribution is 2.23. The molecule has 0 fully saturated rings. The van der Waals surface area contributed by atoms with E-state index < -0.39 is 10.8 Å². The summed E-state index contributed by atoms with van der Waals surface area (Å²) in [5.41, 5.74) is 5.57. The lowest BCUT2D eigenvalue weighted by Crippen LogP contribution is -2.48.